The van der Waals surface area contributed by atoms with Crippen molar-refractivity contribution in [2.75, 3.05) is 0 Å². The third-order valence-electron chi connectivity index (χ3n) is 1.26. The first-order chi connectivity index (χ1) is 5.25. The second-order valence-electron chi connectivity index (χ2n) is 1.94. The van der Waals surface area contributed by atoms with Gasteiger partial charge in [-0.1, -0.05) is 0 Å². The van der Waals surface area contributed by atoms with Gasteiger partial charge in [0.25, 0.3) is 5.24 Å². The lowest BCUT2D eigenvalue weighted by Gasteiger charge is -1.98. The molecule has 2 nitrogen and oxygen atoms in total. The highest BCUT2D eigenvalue weighted by atomic mass is 35.5. The molecular weight excluding hydrogens is 185 g/mol. The van der Waals surface area contributed by atoms with E-state index in [0.29, 0.717) is 11.1 Å². The molecule has 58 valence electrons. The summed E-state index contributed by atoms with van der Waals surface area (Å²) in [7, 11) is 0. The van der Waals surface area contributed by atoms with Gasteiger partial charge < -0.3 is 0 Å². The first-order valence-electron chi connectivity index (χ1n) is 2.94. The quantitative estimate of drug-likeness (QED) is 0.528. The second-order valence-corrected chi connectivity index (χ2v) is 2.55. The molecule has 0 saturated heterocycles. The van der Waals surface area contributed by atoms with E-state index in [-0.39, 0.29) is 5.88 Å². The minimum absolute atomic E-state index is 0.252. The molecule has 0 fully saturated rings. The highest BCUT2D eigenvalue weighted by Crippen LogP contribution is 2.11. The number of carbonyl (C=O) groups is 1. The Kier molecular flexibility index (Phi) is 2.85. The van der Waals surface area contributed by atoms with Gasteiger partial charge in [-0.25, -0.2) is 0 Å². The zero-order valence-electron chi connectivity index (χ0n) is 5.55. The number of hydrogen-bond acceptors (Lipinski definition) is 2. The van der Waals surface area contributed by atoms with Crippen molar-refractivity contribution in [2.24, 2.45) is 0 Å². The summed E-state index contributed by atoms with van der Waals surface area (Å²) >= 11 is 10.8. The normalized spacial score (nSPS) is 9.64. The largest absolute Gasteiger partial charge is 0.276 e. The van der Waals surface area contributed by atoms with Crippen LogP contribution in [0.1, 0.15) is 15.9 Å². The Hall–Kier alpha value is -0.600. The van der Waals surface area contributed by atoms with Gasteiger partial charge in [-0.15, -0.1) is 11.6 Å². The van der Waals surface area contributed by atoms with E-state index in [0.717, 1.165) is 0 Å². The number of aromatic nitrogens is 1. The van der Waals surface area contributed by atoms with Crippen LogP contribution in [0, 0.1) is 0 Å². The molecule has 0 unspecified atom stereocenters. The molecular formula is C7H5Cl2NO. The van der Waals surface area contributed by atoms with Gasteiger partial charge in [-0.2, -0.15) is 0 Å². The Morgan fingerprint density at radius 1 is 1.64 bits per heavy atom. The van der Waals surface area contributed by atoms with Gasteiger partial charge in [-0.05, 0) is 23.2 Å². The maximum Gasteiger partial charge on any atom is 0.252 e. The van der Waals surface area contributed by atoms with E-state index in [1.54, 1.807) is 6.07 Å². The summed E-state index contributed by atoms with van der Waals surface area (Å²) in [5.74, 6) is 0.252. The van der Waals surface area contributed by atoms with Crippen LogP contribution >= 0.6 is 23.2 Å². The summed E-state index contributed by atoms with van der Waals surface area (Å²) in [6.07, 6.45) is 3.04. The summed E-state index contributed by atoms with van der Waals surface area (Å²) < 4.78 is 0. The Morgan fingerprint density at radius 2 is 2.36 bits per heavy atom. The predicted molar refractivity (Wildman–Crippen MR) is 44.0 cm³/mol. The highest BCUT2D eigenvalue weighted by Gasteiger charge is 2.06. The van der Waals surface area contributed by atoms with Crippen molar-refractivity contribution in [3.63, 3.8) is 0 Å². The van der Waals surface area contributed by atoms with E-state index >= 15 is 0 Å². The standard InChI is InChI=1S/C7H5Cl2NO/c8-3-5-4-10-2-1-6(5)7(9)11/h1-2,4H,3H2. The summed E-state index contributed by atoms with van der Waals surface area (Å²) in [6.45, 7) is 0. The average molecular weight is 190 g/mol. The summed E-state index contributed by atoms with van der Waals surface area (Å²) in [4.78, 5) is 14.5. The SMILES string of the molecule is O=C(Cl)c1ccncc1CCl. The van der Waals surface area contributed by atoms with Gasteiger partial charge >= 0.3 is 0 Å². The molecule has 0 aliphatic rings. The summed E-state index contributed by atoms with van der Waals surface area (Å²) in [5.41, 5.74) is 1.09. The van der Waals surface area contributed by atoms with Crippen LogP contribution in [0.4, 0.5) is 0 Å². The van der Waals surface area contributed by atoms with Crippen molar-refractivity contribution >= 4 is 28.4 Å². The van der Waals surface area contributed by atoms with Crippen LogP contribution < -0.4 is 0 Å². The fraction of sp³-hybridized carbons (Fsp3) is 0.143. The number of rotatable bonds is 2. The Balaban J connectivity index is 3.12. The number of hydrogen-bond donors (Lipinski definition) is 0. The monoisotopic (exact) mass is 189 g/mol. The molecule has 1 aromatic heterocycles. The third-order valence-corrected chi connectivity index (χ3v) is 1.75. The fourth-order valence-corrected chi connectivity index (χ4v) is 1.12. The lowest BCUT2D eigenvalue weighted by molar-refractivity contribution is 0.108. The Morgan fingerprint density at radius 3 is 2.82 bits per heavy atom. The molecule has 0 atom stereocenters. The molecule has 0 bridgehead atoms. The van der Waals surface area contributed by atoms with E-state index in [1.165, 1.54) is 12.4 Å². The van der Waals surface area contributed by atoms with Crippen molar-refractivity contribution in [2.45, 2.75) is 5.88 Å². The zero-order chi connectivity index (χ0) is 8.27. The highest BCUT2D eigenvalue weighted by molar-refractivity contribution is 6.68. The predicted octanol–water partition coefficient (Wildman–Crippen LogP) is 2.20. The van der Waals surface area contributed by atoms with E-state index in [1.807, 2.05) is 0 Å². The van der Waals surface area contributed by atoms with Crippen LogP contribution in [-0.2, 0) is 5.88 Å². The number of pyridine rings is 1. The fourth-order valence-electron chi connectivity index (χ4n) is 0.725. The summed E-state index contributed by atoms with van der Waals surface area (Å²) in [5, 5.41) is -0.497. The van der Waals surface area contributed by atoms with Gasteiger partial charge in [0.1, 0.15) is 0 Å². The van der Waals surface area contributed by atoms with Crippen molar-refractivity contribution in [3.05, 3.63) is 29.6 Å². The van der Waals surface area contributed by atoms with Crippen molar-refractivity contribution in [1.29, 1.82) is 0 Å². The maximum atomic E-state index is 10.7. The number of alkyl halides is 1. The van der Waals surface area contributed by atoms with Gasteiger partial charge in [0.2, 0.25) is 0 Å². The van der Waals surface area contributed by atoms with Crippen LogP contribution in [0.15, 0.2) is 18.5 Å². The number of carbonyl (C=O) groups excluding carboxylic acids is 1. The molecule has 1 heterocycles. The maximum absolute atomic E-state index is 10.7. The van der Waals surface area contributed by atoms with Crippen LogP contribution in [-0.4, -0.2) is 10.2 Å². The molecule has 1 rings (SSSR count). The molecule has 1 aromatic rings. The lowest BCUT2D eigenvalue weighted by atomic mass is 10.2. The first-order valence-corrected chi connectivity index (χ1v) is 3.85. The molecule has 4 heteroatoms. The van der Waals surface area contributed by atoms with Gasteiger partial charge in [0.05, 0.1) is 0 Å². The Labute approximate surface area is 74.1 Å². The second kappa shape index (κ2) is 3.69. The minimum atomic E-state index is -0.497. The van der Waals surface area contributed by atoms with Crippen LogP contribution in [0.25, 0.3) is 0 Å². The number of nitrogens with zero attached hydrogens (tertiary/aromatic N) is 1. The van der Waals surface area contributed by atoms with E-state index < -0.39 is 5.24 Å². The van der Waals surface area contributed by atoms with Gasteiger partial charge in [0, 0.05) is 23.8 Å². The van der Waals surface area contributed by atoms with Crippen molar-refractivity contribution < 1.29 is 4.79 Å². The van der Waals surface area contributed by atoms with E-state index in [2.05, 4.69) is 4.98 Å². The Bertz CT molecular complexity index is 275. The first kappa shape index (κ1) is 8.50. The van der Waals surface area contributed by atoms with Gasteiger partial charge in [0.15, 0.2) is 0 Å². The van der Waals surface area contributed by atoms with E-state index in [4.69, 9.17) is 23.2 Å². The average Bonchev–Trinajstić information content (AvgIpc) is 2.04. The van der Waals surface area contributed by atoms with Crippen LogP contribution in [0.5, 0.6) is 0 Å². The number of halogens is 2. The van der Waals surface area contributed by atoms with E-state index in [9.17, 15) is 4.79 Å². The minimum Gasteiger partial charge on any atom is -0.276 e. The molecule has 0 aliphatic heterocycles. The zero-order valence-corrected chi connectivity index (χ0v) is 7.06. The molecule has 0 N–H and O–H groups in total. The third kappa shape index (κ3) is 1.91. The van der Waals surface area contributed by atoms with Crippen LogP contribution in [0.3, 0.4) is 0 Å². The van der Waals surface area contributed by atoms with Crippen molar-refractivity contribution in [3.8, 4) is 0 Å². The summed E-state index contributed by atoms with van der Waals surface area (Å²) in [6, 6.07) is 1.55. The molecule has 0 spiro atoms. The molecule has 0 saturated carbocycles. The molecule has 0 radical (unpaired) electrons. The van der Waals surface area contributed by atoms with Gasteiger partial charge in [-0.3, -0.25) is 9.78 Å². The topological polar surface area (TPSA) is 30.0 Å². The smallest absolute Gasteiger partial charge is 0.252 e. The molecule has 0 aromatic carbocycles. The lowest BCUT2D eigenvalue weighted by Crippen LogP contribution is -1.95. The van der Waals surface area contributed by atoms with Crippen LogP contribution in [0.2, 0.25) is 0 Å². The molecule has 0 amide bonds. The van der Waals surface area contributed by atoms with Crippen molar-refractivity contribution in [1.82, 2.24) is 4.98 Å². The molecule has 0 aliphatic carbocycles. The molecule has 11 heavy (non-hydrogen) atoms.